The highest BCUT2D eigenvalue weighted by Gasteiger charge is 2.09. The van der Waals surface area contributed by atoms with E-state index in [4.69, 9.17) is 20.9 Å². The van der Waals surface area contributed by atoms with Crippen molar-refractivity contribution in [2.24, 2.45) is 16.6 Å². The van der Waals surface area contributed by atoms with Gasteiger partial charge in [0.15, 0.2) is 11.5 Å². The van der Waals surface area contributed by atoms with Crippen molar-refractivity contribution in [3.05, 3.63) is 22.2 Å². The third-order valence-electron chi connectivity index (χ3n) is 1.92. The summed E-state index contributed by atoms with van der Waals surface area (Å²) in [6, 6.07) is 3.58. The van der Waals surface area contributed by atoms with Crippen molar-refractivity contribution >= 4 is 28.1 Å². The smallest absolute Gasteiger partial charge is 0.256 e. The van der Waals surface area contributed by atoms with Crippen molar-refractivity contribution in [1.29, 1.82) is 0 Å². The van der Waals surface area contributed by atoms with Crippen molar-refractivity contribution in [2.75, 3.05) is 14.2 Å². The van der Waals surface area contributed by atoms with Crippen LogP contribution in [-0.4, -0.2) is 26.4 Å². The summed E-state index contributed by atoms with van der Waals surface area (Å²) in [5, 5.41) is 6.25. The molecule has 1 rings (SSSR count). The van der Waals surface area contributed by atoms with Crippen LogP contribution in [0.4, 0.5) is 0 Å². The lowest BCUT2D eigenvalue weighted by molar-refractivity contribution is -0.456. The van der Waals surface area contributed by atoms with Crippen LogP contribution in [0.3, 0.4) is 0 Å². The first-order valence-electron chi connectivity index (χ1n) is 4.67. The molecule has 1 aromatic carbocycles. The number of nitrogens with two attached hydrogens (primary N) is 2. The third kappa shape index (κ3) is 3.63. The van der Waals surface area contributed by atoms with Crippen LogP contribution in [-0.2, 0) is 0 Å². The molecule has 0 atom stereocenters. The zero-order valence-corrected chi connectivity index (χ0v) is 11.1. The largest absolute Gasteiger partial charge is 0.493 e. The molecule has 0 fully saturated rings. The lowest BCUT2D eigenvalue weighted by Gasteiger charge is -2.08. The first kappa shape index (κ1) is 13.3. The number of guanidine groups is 1. The van der Waals surface area contributed by atoms with Crippen LogP contribution in [0.25, 0.3) is 0 Å². The summed E-state index contributed by atoms with van der Waals surface area (Å²) < 4.78 is 11.2. The van der Waals surface area contributed by atoms with Gasteiger partial charge < -0.3 is 20.9 Å². The van der Waals surface area contributed by atoms with Gasteiger partial charge in [0, 0.05) is 9.57 Å². The monoisotopic (exact) mass is 301 g/mol. The zero-order valence-electron chi connectivity index (χ0n) is 9.53. The van der Waals surface area contributed by atoms with Crippen molar-refractivity contribution in [1.82, 2.24) is 0 Å². The van der Waals surface area contributed by atoms with E-state index >= 15 is 0 Å². The van der Waals surface area contributed by atoms with E-state index in [0.29, 0.717) is 11.5 Å². The minimum atomic E-state index is -0.0437. The Bertz CT molecular complexity index is 456. The van der Waals surface area contributed by atoms with Crippen LogP contribution >= 0.6 is 15.9 Å². The number of hydrazone groups is 1. The quantitative estimate of drug-likeness (QED) is 0.383. The van der Waals surface area contributed by atoms with Crippen LogP contribution in [0.15, 0.2) is 21.7 Å². The van der Waals surface area contributed by atoms with Crippen molar-refractivity contribution < 1.29 is 14.6 Å². The first-order chi connectivity index (χ1) is 8.08. The second-order valence-corrected chi connectivity index (χ2v) is 3.89. The van der Waals surface area contributed by atoms with Crippen molar-refractivity contribution in [2.45, 2.75) is 0 Å². The molecule has 0 heterocycles. The Labute approximate surface area is 107 Å². The van der Waals surface area contributed by atoms with Gasteiger partial charge in [-0.2, -0.15) is 0 Å². The number of ether oxygens (including phenoxy) is 2. The molecular formula is C10H14BrN4O2+. The lowest BCUT2D eigenvalue weighted by atomic mass is 10.2. The molecule has 6 nitrogen and oxygen atoms in total. The molecule has 1 aromatic rings. The van der Waals surface area contributed by atoms with E-state index in [-0.39, 0.29) is 5.96 Å². The number of methoxy groups -OCH3 is 2. The Kier molecular flexibility index (Phi) is 4.77. The summed E-state index contributed by atoms with van der Waals surface area (Å²) in [7, 11) is 3.14. The van der Waals surface area contributed by atoms with Crippen LogP contribution < -0.4 is 26.0 Å². The van der Waals surface area contributed by atoms with Gasteiger partial charge in [-0.15, -0.1) is 5.10 Å². The van der Waals surface area contributed by atoms with Gasteiger partial charge in [0.2, 0.25) is 6.21 Å². The van der Waals surface area contributed by atoms with Crippen molar-refractivity contribution in [3.63, 3.8) is 0 Å². The maximum Gasteiger partial charge on any atom is 0.256 e. The number of benzene rings is 1. The molecule has 0 saturated carbocycles. The van der Waals surface area contributed by atoms with Gasteiger partial charge in [0.05, 0.1) is 19.8 Å². The van der Waals surface area contributed by atoms with E-state index < -0.39 is 0 Å². The van der Waals surface area contributed by atoms with Crippen LogP contribution in [0.1, 0.15) is 5.56 Å². The van der Waals surface area contributed by atoms with E-state index in [0.717, 1.165) is 10.0 Å². The molecule has 0 unspecified atom stereocenters. The topological polar surface area (TPSA) is 96.8 Å². The van der Waals surface area contributed by atoms with E-state index in [1.165, 1.54) is 0 Å². The van der Waals surface area contributed by atoms with Gasteiger partial charge >= 0.3 is 0 Å². The first-order valence-corrected chi connectivity index (χ1v) is 5.46. The van der Waals surface area contributed by atoms with Gasteiger partial charge in [-0.05, 0) is 28.1 Å². The van der Waals surface area contributed by atoms with E-state index in [9.17, 15) is 0 Å². The Morgan fingerprint density at radius 2 is 1.88 bits per heavy atom. The van der Waals surface area contributed by atoms with E-state index in [1.807, 2.05) is 0 Å². The fourth-order valence-corrected chi connectivity index (χ4v) is 1.59. The highest BCUT2D eigenvalue weighted by molar-refractivity contribution is 9.10. The molecule has 92 valence electrons. The fourth-order valence-electron chi connectivity index (χ4n) is 1.16. The van der Waals surface area contributed by atoms with Crippen LogP contribution in [0, 0.1) is 0 Å². The maximum absolute atomic E-state index is 5.19. The number of nitrogens with zero attached hydrogens (tertiary/aromatic N) is 1. The molecule has 7 heteroatoms. The molecule has 0 aliphatic carbocycles. The number of hydrogen-bond donors (Lipinski definition) is 3. The Morgan fingerprint density at radius 3 is 2.41 bits per heavy atom. The molecule has 0 radical (unpaired) electrons. The van der Waals surface area contributed by atoms with Gasteiger partial charge in [0.25, 0.3) is 5.96 Å². The molecule has 0 saturated heterocycles. The number of nitrogens with one attached hydrogen (secondary N) is 1. The Balaban J connectivity index is 3.09. The van der Waals surface area contributed by atoms with Gasteiger partial charge in [-0.1, -0.05) is 0 Å². The normalized spacial score (nSPS) is 10.3. The summed E-state index contributed by atoms with van der Waals surface area (Å²) in [6.07, 6.45) is 1.63. The lowest BCUT2D eigenvalue weighted by Crippen LogP contribution is -2.63. The number of halogens is 1. The predicted molar refractivity (Wildman–Crippen MR) is 69.2 cm³/mol. The fraction of sp³-hybridized carbons (Fsp3) is 0.200. The predicted octanol–water partition coefficient (Wildman–Crippen LogP) is -0.846. The SMILES string of the molecule is COc1cc(Br)c(/C=[NH+]\N=C(N)N)cc1OC. The van der Waals surface area contributed by atoms with E-state index in [1.54, 1.807) is 32.6 Å². The minimum Gasteiger partial charge on any atom is -0.493 e. The van der Waals surface area contributed by atoms with Gasteiger partial charge in [-0.3, -0.25) is 0 Å². The second kappa shape index (κ2) is 6.09. The molecule has 0 spiro atoms. The highest BCUT2D eigenvalue weighted by atomic mass is 79.9. The molecule has 0 aliphatic heterocycles. The zero-order chi connectivity index (χ0) is 12.8. The summed E-state index contributed by atoms with van der Waals surface area (Å²) in [4.78, 5) is 0. The molecule has 0 bridgehead atoms. The molecule has 0 aliphatic rings. The maximum atomic E-state index is 5.19. The summed E-state index contributed by atoms with van der Waals surface area (Å²) in [6.45, 7) is 0. The molecule has 17 heavy (non-hydrogen) atoms. The summed E-state index contributed by atoms with van der Waals surface area (Å²) in [5.74, 6) is 1.21. The van der Waals surface area contributed by atoms with Crippen molar-refractivity contribution in [3.8, 4) is 11.5 Å². The molecular weight excluding hydrogens is 288 g/mol. The standard InChI is InChI=1S/C10H13BrN4O2/c1-16-8-3-6(5-14-15-10(12)13)7(11)4-9(8)17-2/h3-5H,1-2H3,(H4,12,13,15)/p+1/b14-5-. The van der Waals surface area contributed by atoms with Crippen LogP contribution in [0.2, 0.25) is 0 Å². The molecule has 0 amide bonds. The van der Waals surface area contributed by atoms with Gasteiger partial charge in [-0.25, -0.2) is 0 Å². The molecule has 0 aromatic heterocycles. The highest BCUT2D eigenvalue weighted by Crippen LogP contribution is 2.32. The number of hydrogen-bond acceptors (Lipinski definition) is 3. The van der Waals surface area contributed by atoms with Crippen LogP contribution in [0.5, 0.6) is 11.5 Å². The average Bonchev–Trinajstić information content (AvgIpc) is 2.30. The second-order valence-electron chi connectivity index (χ2n) is 3.04. The Morgan fingerprint density at radius 1 is 1.29 bits per heavy atom. The minimum absolute atomic E-state index is 0.0437. The average molecular weight is 302 g/mol. The Hall–Kier alpha value is -1.76. The number of rotatable bonds is 4. The summed E-state index contributed by atoms with van der Waals surface area (Å²) in [5.41, 5.74) is 11.2. The van der Waals surface area contributed by atoms with E-state index in [2.05, 4.69) is 26.1 Å². The third-order valence-corrected chi connectivity index (χ3v) is 2.60. The summed E-state index contributed by atoms with van der Waals surface area (Å²) >= 11 is 3.40. The molecule has 5 N–H and O–H groups in total. The van der Waals surface area contributed by atoms with Gasteiger partial charge in [0.1, 0.15) is 0 Å².